The molecule has 0 saturated carbocycles. The number of aliphatic hydroxyl groups excluding tert-OH is 1. The highest BCUT2D eigenvalue weighted by atomic mass is 19.1. The Morgan fingerprint density at radius 1 is 1.50 bits per heavy atom. The molecular weight excluding hydrogens is 231 g/mol. The van der Waals surface area contributed by atoms with E-state index in [0.29, 0.717) is 23.6 Å². The number of rotatable bonds is 7. The van der Waals surface area contributed by atoms with E-state index in [2.05, 4.69) is 5.32 Å². The first-order valence-corrected chi connectivity index (χ1v) is 6.17. The highest BCUT2D eigenvalue weighted by molar-refractivity contribution is 5.33. The van der Waals surface area contributed by atoms with Crippen molar-refractivity contribution in [3.8, 4) is 6.07 Å². The lowest BCUT2D eigenvalue weighted by Crippen LogP contribution is -2.17. The minimum absolute atomic E-state index is 0.207. The lowest BCUT2D eigenvalue weighted by molar-refractivity contribution is 0.228. The molecule has 1 aromatic rings. The van der Waals surface area contributed by atoms with E-state index in [1.165, 1.54) is 12.1 Å². The van der Waals surface area contributed by atoms with Gasteiger partial charge in [0.25, 0.3) is 0 Å². The number of benzene rings is 1. The van der Waals surface area contributed by atoms with Gasteiger partial charge in [-0.2, -0.15) is 5.26 Å². The van der Waals surface area contributed by atoms with Gasteiger partial charge < -0.3 is 10.4 Å². The number of hydrogen-bond donors (Lipinski definition) is 2. The van der Waals surface area contributed by atoms with E-state index < -0.39 is 0 Å². The van der Waals surface area contributed by atoms with Gasteiger partial charge in [0.15, 0.2) is 0 Å². The van der Waals surface area contributed by atoms with Crippen LogP contribution in [0.4, 0.5) is 4.39 Å². The summed E-state index contributed by atoms with van der Waals surface area (Å²) in [5.41, 5.74) is 0.992. The molecule has 4 heteroatoms. The predicted octanol–water partition coefficient (Wildman–Crippen LogP) is 2.20. The molecule has 1 atom stereocenters. The van der Waals surface area contributed by atoms with Gasteiger partial charge in [-0.3, -0.25) is 0 Å². The molecule has 0 radical (unpaired) electrons. The van der Waals surface area contributed by atoms with Crippen molar-refractivity contribution in [2.24, 2.45) is 5.92 Å². The van der Waals surface area contributed by atoms with Crippen LogP contribution in [0.25, 0.3) is 0 Å². The van der Waals surface area contributed by atoms with E-state index in [4.69, 9.17) is 10.4 Å². The lowest BCUT2D eigenvalue weighted by atomic mass is 10.1. The van der Waals surface area contributed by atoms with E-state index in [0.717, 1.165) is 19.4 Å². The Morgan fingerprint density at radius 3 is 2.94 bits per heavy atom. The summed E-state index contributed by atoms with van der Waals surface area (Å²) in [7, 11) is 0. The minimum Gasteiger partial charge on any atom is -0.396 e. The lowest BCUT2D eigenvalue weighted by Gasteiger charge is -2.09. The summed E-state index contributed by atoms with van der Waals surface area (Å²) in [5.74, 6) is 0.0238. The SMILES string of the molecule is CC(CO)CCCNCc1cc(C#N)ccc1F. The number of nitriles is 1. The number of aliphatic hydroxyl groups is 1. The van der Waals surface area contributed by atoms with Crippen LogP contribution < -0.4 is 5.32 Å². The molecule has 0 aromatic heterocycles. The third-order valence-corrected chi connectivity index (χ3v) is 2.85. The van der Waals surface area contributed by atoms with Gasteiger partial charge in [0.2, 0.25) is 0 Å². The monoisotopic (exact) mass is 250 g/mol. The average molecular weight is 250 g/mol. The van der Waals surface area contributed by atoms with E-state index in [-0.39, 0.29) is 12.4 Å². The van der Waals surface area contributed by atoms with Crippen molar-refractivity contribution >= 4 is 0 Å². The summed E-state index contributed by atoms with van der Waals surface area (Å²) < 4.78 is 13.4. The molecule has 0 aliphatic carbocycles. The number of nitrogens with one attached hydrogen (secondary N) is 1. The molecule has 0 aliphatic heterocycles. The maximum Gasteiger partial charge on any atom is 0.127 e. The highest BCUT2D eigenvalue weighted by Crippen LogP contribution is 2.10. The van der Waals surface area contributed by atoms with Crippen molar-refractivity contribution in [1.82, 2.24) is 5.32 Å². The average Bonchev–Trinajstić information content (AvgIpc) is 2.40. The molecule has 1 aromatic carbocycles. The third-order valence-electron chi connectivity index (χ3n) is 2.85. The van der Waals surface area contributed by atoms with E-state index in [1.54, 1.807) is 6.07 Å². The first-order valence-electron chi connectivity index (χ1n) is 6.17. The van der Waals surface area contributed by atoms with Crippen LogP contribution in [0.2, 0.25) is 0 Å². The largest absolute Gasteiger partial charge is 0.396 e. The van der Waals surface area contributed by atoms with Crippen molar-refractivity contribution in [3.05, 3.63) is 35.1 Å². The maximum absolute atomic E-state index is 13.4. The van der Waals surface area contributed by atoms with Crippen LogP contribution >= 0.6 is 0 Å². The van der Waals surface area contributed by atoms with Crippen LogP contribution in [0.5, 0.6) is 0 Å². The van der Waals surface area contributed by atoms with Gasteiger partial charge in [-0.1, -0.05) is 6.92 Å². The molecule has 0 spiro atoms. The van der Waals surface area contributed by atoms with Crippen molar-refractivity contribution in [2.75, 3.05) is 13.2 Å². The number of nitrogens with zero attached hydrogens (tertiary/aromatic N) is 1. The van der Waals surface area contributed by atoms with Crippen molar-refractivity contribution in [2.45, 2.75) is 26.3 Å². The second-order valence-electron chi connectivity index (χ2n) is 4.52. The predicted molar refractivity (Wildman–Crippen MR) is 68.3 cm³/mol. The van der Waals surface area contributed by atoms with E-state index in [1.807, 2.05) is 13.0 Å². The van der Waals surface area contributed by atoms with Gasteiger partial charge in [0, 0.05) is 18.7 Å². The van der Waals surface area contributed by atoms with Crippen molar-refractivity contribution in [3.63, 3.8) is 0 Å². The Morgan fingerprint density at radius 2 is 2.28 bits per heavy atom. The molecule has 2 N–H and O–H groups in total. The fourth-order valence-corrected chi connectivity index (χ4v) is 1.67. The highest BCUT2D eigenvalue weighted by Gasteiger charge is 2.03. The number of halogens is 1. The van der Waals surface area contributed by atoms with Crippen LogP contribution in [0, 0.1) is 23.1 Å². The summed E-state index contributed by atoms with van der Waals surface area (Å²) in [6, 6.07) is 6.36. The summed E-state index contributed by atoms with van der Waals surface area (Å²) in [4.78, 5) is 0. The topological polar surface area (TPSA) is 56.0 Å². The molecule has 0 aliphatic rings. The Labute approximate surface area is 107 Å². The molecule has 0 amide bonds. The quantitative estimate of drug-likeness (QED) is 0.729. The molecule has 0 saturated heterocycles. The first kappa shape index (κ1) is 14.6. The first-order chi connectivity index (χ1) is 8.67. The van der Waals surface area contributed by atoms with Gasteiger partial charge in [-0.25, -0.2) is 4.39 Å². The van der Waals surface area contributed by atoms with Crippen LogP contribution in [0.1, 0.15) is 30.9 Å². The Hall–Kier alpha value is -1.44. The molecule has 0 bridgehead atoms. The smallest absolute Gasteiger partial charge is 0.127 e. The third kappa shape index (κ3) is 4.82. The second-order valence-corrected chi connectivity index (χ2v) is 4.52. The van der Waals surface area contributed by atoms with E-state index >= 15 is 0 Å². The zero-order valence-corrected chi connectivity index (χ0v) is 10.6. The van der Waals surface area contributed by atoms with Crippen LogP contribution in [-0.4, -0.2) is 18.3 Å². The van der Waals surface area contributed by atoms with E-state index in [9.17, 15) is 4.39 Å². The van der Waals surface area contributed by atoms with Gasteiger partial charge in [0.05, 0.1) is 11.6 Å². The summed E-state index contributed by atoms with van der Waals surface area (Å²) in [5, 5.41) is 20.7. The van der Waals surface area contributed by atoms with Gasteiger partial charge in [0.1, 0.15) is 5.82 Å². The molecule has 1 unspecified atom stereocenters. The summed E-state index contributed by atoms with van der Waals surface area (Å²) >= 11 is 0. The van der Waals surface area contributed by atoms with Gasteiger partial charge in [-0.05, 0) is 43.5 Å². The maximum atomic E-state index is 13.4. The normalized spacial score (nSPS) is 12.1. The second kappa shape index (κ2) is 7.80. The van der Waals surface area contributed by atoms with Gasteiger partial charge in [-0.15, -0.1) is 0 Å². The number of hydrogen-bond acceptors (Lipinski definition) is 3. The van der Waals surface area contributed by atoms with Crippen LogP contribution in [-0.2, 0) is 6.54 Å². The molecule has 0 fully saturated rings. The molecule has 18 heavy (non-hydrogen) atoms. The Kier molecular flexibility index (Phi) is 6.34. The zero-order valence-electron chi connectivity index (χ0n) is 10.6. The van der Waals surface area contributed by atoms with Crippen LogP contribution in [0.3, 0.4) is 0 Å². The molecule has 98 valence electrons. The fraction of sp³-hybridized carbons (Fsp3) is 0.500. The summed E-state index contributed by atoms with van der Waals surface area (Å²) in [6.45, 7) is 3.41. The van der Waals surface area contributed by atoms with Crippen LogP contribution in [0.15, 0.2) is 18.2 Å². The standard InChI is InChI=1S/C14H19FN2O/c1-11(10-18)3-2-6-17-9-13-7-12(8-16)4-5-14(13)15/h4-5,7,11,17-18H,2-3,6,9-10H2,1H3. The minimum atomic E-state index is -0.287. The molecular formula is C14H19FN2O. The van der Waals surface area contributed by atoms with Crippen molar-refractivity contribution < 1.29 is 9.50 Å². The Balaban J connectivity index is 2.33. The summed E-state index contributed by atoms with van der Waals surface area (Å²) in [6.07, 6.45) is 1.89. The molecule has 3 nitrogen and oxygen atoms in total. The Bertz CT molecular complexity index is 415. The zero-order chi connectivity index (χ0) is 13.4. The van der Waals surface area contributed by atoms with Crippen molar-refractivity contribution in [1.29, 1.82) is 5.26 Å². The molecule has 1 rings (SSSR count). The van der Waals surface area contributed by atoms with Gasteiger partial charge >= 0.3 is 0 Å². The fourth-order valence-electron chi connectivity index (χ4n) is 1.67. The molecule has 0 heterocycles.